The molecule has 3 N–H and O–H groups in total. The van der Waals surface area contributed by atoms with Gasteiger partial charge < -0.3 is 11.1 Å². The second kappa shape index (κ2) is 6.44. The van der Waals surface area contributed by atoms with E-state index >= 15 is 0 Å². The topological polar surface area (TPSA) is 38.0 Å². The Hall–Kier alpha value is -1.29. The summed E-state index contributed by atoms with van der Waals surface area (Å²) in [5.74, 6) is 0. The second-order valence-corrected chi connectivity index (χ2v) is 5.79. The van der Waals surface area contributed by atoms with E-state index in [4.69, 9.17) is 41.2 Å². The molecule has 0 radical (unpaired) electrons. The van der Waals surface area contributed by atoms with Crippen LogP contribution < -0.4 is 11.1 Å². The van der Waals surface area contributed by atoms with Crippen molar-refractivity contribution < 1.29 is 0 Å². The largest absolute Gasteiger partial charge is 0.389 e. The zero-order valence-corrected chi connectivity index (χ0v) is 13.2. The van der Waals surface area contributed by atoms with E-state index in [-0.39, 0.29) is 6.04 Å². The van der Waals surface area contributed by atoms with Crippen LogP contribution in [0.5, 0.6) is 0 Å². The Morgan fingerprint density at radius 1 is 1.15 bits per heavy atom. The first-order chi connectivity index (χ1) is 9.47. The predicted octanol–water partition coefficient (Wildman–Crippen LogP) is 4.80. The molecule has 2 rings (SSSR count). The van der Waals surface area contributed by atoms with Gasteiger partial charge >= 0.3 is 0 Å². The molecule has 2 aromatic rings. The van der Waals surface area contributed by atoms with Crippen LogP contribution in [0, 0.1) is 0 Å². The van der Waals surface area contributed by atoms with Crippen LogP contribution in [0.4, 0.5) is 5.69 Å². The van der Waals surface area contributed by atoms with Crippen LogP contribution in [-0.4, -0.2) is 4.99 Å². The molecule has 0 spiro atoms. The molecule has 1 unspecified atom stereocenters. The molecule has 0 aromatic heterocycles. The van der Waals surface area contributed by atoms with Crippen LogP contribution in [0.15, 0.2) is 42.5 Å². The van der Waals surface area contributed by atoms with Crippen LogP contribution >= 0.6 is 35.4 Å². The third kappa shape index (κ3) is 3.63. The minimum absolute atomic E-state index is 0.0558. The van der Waals surface area contributed by atoms with Crippen molar-refractivity contribution in [3.8, 4) is 0 Å². The van der Waals surface area contributed by atoms with E-state index in [0.29, 0.717) is 15.0 Å². The lowest BCUT2D eigenvalue weighted by Crippen LogP contribution is -2.15. The standard InChI is InChI=1S/C15H14Cl2N2S/c1-9(10-3-2-4-11(16)7-10)19-14-8-12(17)5-6-13(14)15(18)20/h2-9,19H,1H3,(H2,18,20). The van der Waals surface area contributed by atoms with Crippen molar-refractivity contribution in [3.63, 3.8) is 0 Å². The summed E-state index contributed by atoms with van der Waals surface area (Å²) in [7, 11) is 0. The lowest BCUT2D eigenvalue weighted by molar-refractivity contribution is 0.884. The number of nitrogens with two attached hydrogens (primary N) is 1. The fraction of sp³-hybridized carbons (Fsp3) is 0.133. The van der Waals surface area contributed by atoms with E-state index in [1.807, 2.05) is 43.3 Å². The maximum absolute atomic E-state index is 6.03. The molecule has 0 amide bonds. The molecular formula is C15H14Cl2N2S. The Labute approximate surface area is 133 Å². The van der Waals surface area contributed by atoms with Crippen molar-refractivity contribution in [3.05, 3.63) is 63.6 Å². The summed E-state index contributed by atoms with van der Waals surface area (Å²) in [4.78, 5) is 0.336. The number of hydrogen-bond acceptors (Lipinski definition) is 2. The SMILES string of the molecule is CC(Nc1cc(Cl)ccc1C(N)=S)c1cccc(Cl)c1. The van der Waals surface area contributed by atoms with Crippen molar-refractivity contribution in [2.24, 2.45) is 5.73 Å². The van der Waals surface area contributed by atoms with Crippen LogP contribution in [0.1, 0.15) is 24.1 Å². The lowest BCUT2D eigenvalue weighted by Gasteiger charge is -2.18. The fourth-order valence-electron chi connectivity index (χ4n) is 1.94. The molecule has 0 heterocycles. The molecule has 0 bridgehead atoms. The lowest BCUT2D eigenvalue weighted by atomic mass is 10.1. The van der Waals surface area contributed by atoms with Crippen molar-refractivity contribution in [1.82, 2.24) is 0 Å². The molecule has 0 aliphatic rings. The Kier molecular flexibility index (Phi) is 4.86. The maximum atomic E-state index is 6.03. The summed E-state index contributed by atoms with van der Waals surface area (Å²) in [5, 5.41) is 4.70. The van der Waals surface area contributed by atoms with Gasteiger partial charge in [0.05, 0.1) is 0 Å². The highest BCUT2D eigenvalue weighted by Crippen LogP contribution is 2.26. The van der Waals surface area contributed by atoms with Crippen molar-refractivity contribution in [2.45, 2.75) is 13.0 Å². The van der Waals surface area contributed by atoms with Gasteiger partial charge in [-0.05, 0) is 42.8 Å². The highest BCUT2D eigenvalue weighted by Gasteiger charge is 2.11. The Bertz CT molecular complexity index is 644. The van der Waals surface area contributed by atoms with Crippen LogP contribution in [0.25, 0.3) is 0 Å². The zero-order chi connectivity index (χ0) is 14.7. The Balaban J connectivity index is 2.29. The number of nitrogens with one attached hydrogen (secondary N) is 1. The first-order valence-electron chi connectivity index (χ1n) is 6.08. The molecule has 5 heteroatoms. The summed E-state index contributed by atoms with van der Waals surface area (Å²) in [5.41, 5.74) is 8.40. The molecule has 0 fully saturated rings. The van der Waals surface area contributed by atoms with E-state index in [1.165, 1.54) is 0 Å². The van der Waals surface area contributed by atoms with Gasteiger partial charge in [-0.15, -0.1) is 0 Å². The third-order valence-corrected chi connectivity index (χ3v) is 3.66. The van der Waals surface area contributed by atoms with Gasteiger partial charge in [0.25, 0.3) is 0 Å². The predicted molar refractivity (Wildman–Crippen MR) is 90.8 cm³/mol. The monoisotopic (exact) mass is 324 g/mol. The quantitative estimate of drug-likeness (QED) is 0.793. The molecule has 2 aromatic carbocycles. The van der Waals surface area contributed by atoms with Crippen LogP contribution in [-0.2, 0) is 0 Å². The van der Waals surface area contributed by atoms with Gasteiger partial charge in [-0.1, -0.05) is 47.6 Å². The summed E-state index contributed by atoms with van der Waals surface area (Å²) < 4.78 is 0. The molecule has 2 nitrogen and oxygen atoms in total. The average Bonchev–Trinajstić information content (AvgIpc) is 2.38. The Morgan fingerprint density at radius 2 is 1.85 bits per heavy atom. The minimum Gasteiger partial charge on any atom is -0.389 e. The maximum Gasteiger partial charge on any atom is 0.106 e. The van der Waals surface area contributed by atoms with E-state index in [9.17, 15) is 0 Å². The number of rotatable bonds is 4. The highest BCUT2D eigenvalue weighted by molar-refractivity contribution is 7.80. The molecule has 0 saturated heterocycles. The van der Waals surface area contributed by atoms with Crippen LogP contribution in [0.3, 0.4) is 0 Å². The van der Waals surface area contributed by atoms with E-state index < -0.39 is 0 Å². The van der Waals surface area contributed by atoms with Gasteiger partial charge in [0.15, 0.2) is 0 Å². The second-order valence-electron chi connectivity index (χ2n) is 4.48. The molecule has 0 aliphatic heterocycles. The van der Waals surface area contributed by atoms with Gasteiger partial charge in [-0.3, -0.25) is 0 Å². The summed E-state index contributed by atoms with van der Waals surface area (Å²) in [6.45, 7) is 2.04. The summed E-state index contributed by atoms with van der Waals surface area (Å²) >= 11 is 17.1. The summed E-state index contributed by atoms with van der Waals surface area (Å²) in [6.07, 6.45) is 0. The molecule has 0 saturated carbocycles. The molecule has 1 atom stereocenters. The minimum atomic E-state index is 0.0558. The molecular weight excluding hydrogens is 311 g/mol. The first kappa shape index (κ1) is 15.1. The fourth-order valence-corrected chi connectivity index (χ4v) is 2.49. The first-order valence-corrected chi connectivity index (χ1v) is 7.25. The number of anilines is 1. The average molecular weight is 325 g/mol. The van der Waals surface area contributed by atoms with Gasteiger partial charge in [-0.2, -0.15) is 0 Å². The number of benzene rings is 2. The van der Waals surface area contributed by atoms with Gasteiger partial charge in [0, 0.05) is 27.3 Å². The van der Waals surface area contributed by atoms with Gasteiger partial charge in [0.1, 0.15) is 4.99 Å². The van der Waals surface area contributed by atoms with E-state index in [2.05, 4.69) is 5.32 Å². The third-order valence-electron chi connectivity index (χ3n) is 2.97. The highest BCUT2D eigenvalue weighted by atomic mass is 35.5. The smallest absolute Gasteiger partial charge is 0.106 e. The van der Waals surface area contributed by atoms with E-state index in [0.717, 1.165) is 16.8 Å². The van der Waals surface area contributed by atoms with Crippen molar-refractivity contribution in [1.29, 1.82) is 0 Å². The number of halogens is 2. The molecule has 104 valence electrons. The molecule has 20 heavy (non-hydrogen) atoms. The van der Waals surface area contributed by atoms with Gasteiger partial charge in [-0.25, -0.2) is 0 Å². The Morgan fingerprint density at radius 3 is 2.50 bits per heavy atom. The normalized spacial score (nSPS) is 11.9. The number of thiocarbonyl (C=S) groups is 1. The van der Waals surface area contributed by atoms with Crippen molar-refractivity contribution >= 4 is 46.1 Å². The van der Waals surface area contributed by atoms with E-state index in [1.54, 1.807) is 6.07 Å². The molecule has 0 aliphatic carbocycles. The van der Waals surface area contributed by atoms with Gasteiger partial charge in [0.2, 0.25) is 0 Å². The zero-order valence-electron chi connectivity index (χ0n) is 10.9. The number of hydrogen-bond donors (Lipinski definition) is 2. The van der Waals surface area contributed by atoms with Crippen molar-refractivity contribution in [2.75, 3.05) is 5.32 Å². The summed E-state index contributed by atoms with van der Waals surface area (Å²) in [6, 6.07) is 13.2. The van der Waals surface area contributed by atoms with Crippen LogP contribution in [0.2, 0.25) is 10.0 Å².